The van der Waals surface area contributed by atoms with Crippen molar-refractivity contribution in [1.29, 1.82) is 5.26 Å². The van der Waals surface area contributed by atoms with Crippen LogP contribution in [0.15, 0.2) is 41.0 Å². The van der Waals surface area contributed by atoms with E-state index in [1.165, 1.54) is 0 Å². The number of carbonyl (C=O) groups excluding carboxylic acids is 1. The van der Waals surface area contributed by atoms with Crippen LogP contribution in [0.1, 0.15) is 37.8 Å². The number of aromatic hydroxyl groups is 1. The minimum Gasteiger partial charge on any atom is -0.508 e. The maximum absolute atomic E-state index is 12.4. The predicted molar refractivity (Wildman–Crippen MR) is 87.5 cm³/mol. The summed E-state index contributed by atoms with van der Waals surface area (Å²) in [4.78, 5) is 12.4. The zero-order valence-corrected chi connectivity index (χ0v) is 13.9. The summed E-state index contributed by atoms with van der Waals surface area (Å²) in [5.41, 5.74) is 7.47. The van der Waals surface area contributed by atoms with E-state index in [0.29, 0.717) is 5.56 Å². The first-order valence-electron chi connectivity index (χ1n) is 7.71. The largest absolute Gasteiger partial charge is 0.508 e. The number of rotatable bonds is 4. The van der Waals surface area contributed by atoms with Gasteiger partial charge in [-0.05, 0) is 31.9 Å². The molecule has 1 aromatic carbocycles. The highest BCUT2D eigenvalue weighted by Gasteiger charge is 2.37. The van der Waals surface area contributed by atoms with E-state index in [-0.39, 0.29) is 35.1 Å². The van der Waals surface area contributed by atoms with E-state index >= 15 is 0 Å². The van der Waals surface area contributed by atoms with Crippen LogP contribution < -0.4 is 5.73 Å². The smallest absolute Gasteiger partial charge is 0.338 e. The molecule has 6 nitrogen and oxygen atoms in total. The zero-order chi connectivity index (χ0) is 17.9. The SMILES string of the molecule is CCOC(=O)C1=C(C)OC(N)=C(C#N)C1c1cc(CC)ccc1O. The first-order valence-corrected chi connectivity index (χ1v) is 7.71. The highest BCUT2D eigenvalue weighted by atomic mass is 16.5. The van der Waals surface area contributed by atoms with Crippen molar-refractivity contribution >= 4 is 5.97 Å². The Morgan fingerprint density at radius 2 is 2.17 bits per heavy atom. The standard InChI is InChI=1S/C18H20N2O4/c1-4-11-6-7-14(21)12(8-11)16-13(9-19)17(20)24-10(3)15(16)18(22)23-5-2/h6-8,16,21H,4-5,20H2,1-3H3. The molecule has 6 heteroatoms. The summed E-state index contributed by atoms with van der Waals surface area (Å²) in [7, 11) is 0. The Kier molecular flexibility index (Phi) is 5.14. The maximum Gasteiger partial charge on any atom is 0.338 e. The molecule has 0 spiro atoms. The molecule has 1 aliphatic rings. The molecule has 1 atom stereocenters. The lowest BCUT2D eigenvalue weighted by Gasteiger charge is -2.27. The summed E-state index contributed by atoms with van der Waals surface area (Å²) in [6.07, 6.45) is 0.745. The first kappa shape index (κ1) is 17.4. The van der Waals surface area contributed by atoms with Crippen molar-refractivity contribution in [2.24, 2.45) is 5.73 Å². The molecular formula is C18H20N2O4. The van der Waals surface area contributed by atoms with Crippen LogP contribution >= 0.6 is 0 Å². The van der Waals surface area contributed by atoms with Crippen LogP contribution in [0.5, 0.6) is 5.75 Å². The summed E-state index contributed by atoms with van der Waals surface area (Å²) in [5.74, 6) is -1.25. The summed E-state index contributed by atoms with van der Waals surface area (Å²) < 4.78 is 10.4. The minimum atomic E-state index is -0.825. The van der Waals surface area contributed by atoms with Crippen LogP contribution in [0.25, 0.3) is 0 Å². The molecule has 1 heterocycles. The number of ether oxygens (including phenoxy) is 2. The van der Waals surface area contributed by atoms with Crippen LogP contribution in [0.4, 0.5) is 0 Å². The topological polar surface area (TPSA) is 106 Å². The number of benzene rings is 1. The van der Waals surface area contributed by atoms with E-state index in [9.17, 15) is 15.2 Å². The number of esters is 1. The molecule has 0 aliphatic carbocycles. The third-order valence-electron chi connectivity index (χ3n) is 3.91. The van der Waals surface area contributed by atoms with E-state index in [4.69, 9.17) is 15.2 Å². The van der Waals surface area contributed by atoms with Crippen LogP contribution in [0.3, 0.4) is 0 Å². The fourth-order valence-corrected chi connectivity index (χ4v) is 2.72. The number of phenolic OH excluding ortho intramolecular Hbond substituents is 1. The van der Waals surface area contributed by atoms with Crippen molar-refractivity contribution in [2.75, 3.05) is 6.61 Å². The Balaban J connectivity index is 2.69. The normalized spacial score (nSPS) is 17.3. The monoisotopic (exact) mass is 328 g/mol. The molecule has 1 aromatic rings. The predicted octanol–water partition coefficient (Wildman–Crippen LogP) is 2.60. The summed E-state index contributed by atoms with van der Waals surface area (Å²) in [6, 6.07) is 7.10. The molecule has 0 saturated heterocycles. The third kappa shape index (κ3) is 3.06. The fourth-order valence-electron chi connectivity index (χ4n) is 2.72. The maximum atomic E-state index is 12.4. The van der Waals surface area contributed by atoms with E-state index in [2.05, 4.69) is 0 Å². The van der Waals surface area contributed by atoms with Gasteiger partial charge in [0.2, 0.25) is 5.88 Å². The number of nitrogens with zero attached hydrogens (tertiary/aromatic N) is 1. The summed E-state index contributed by atoms with van der Waals surface area (Å²) >= 11 is 0. The molecule has 0 aromatic heterocycles. The molecule has 1 unspecified atom stereocenters. The lowest BCUT2D eigenvalue weighted by molar-refractivity contribution is -0.139. The van der Waals surface area contributed by atoms with Crippen molar-refractivity contribution in [3.05, 3.63) is 52.1 Å². The fraction of sp³-hybridized carbons (Fsp3) is 0.333. The van der Waals surface area contributed by atoms with Crippen molar-refractivity contribution < 1.29 is 19.4 Å². The minimum absolute atomic E-state index is 0.0192. The number of nitriles is 1. The Bertz CT molecular complexity index is 772. The third-order valence-corrected chi connectivity index (χ3v) is 3.91. The lowest BCUT2D eigenvalue weighted by Crippen LogP contribution is -2.25. The van der Waals surface area contributed by atoms with Crippen molar-refractivity contribution in [1.82, 2.24) is 0 Å². The van der Waals surface area contributed by atoms with Gasteiger partial charge in [-0.2, -0.15) is 5.26 Å². The van der Waals surface area contributed by atoms with E-state index in [0.717, 1.165) is 12.0 Å². The van der Waals surface area contributed by atoms with E-state index < -0.39 is 11.9 Å². The van der Waals surface area contributed by atoms with Gasteiger partial charge in [-0.15, -0.1) is 0 Å². The molecule has 0 bridgehead atoms. The van der Waals surface area contributed by atoms with Gasteiger partial charge in [-0.25, -0.2) is 4.79 Å². The highest BCUT2D eigenvalue weighted by Crippen LogP contribution is 2.42. The molecule has 24 heavy (non-hydrogen) atoms. The second-order valence-electron chi connectivity index (χ2n) is 5.36. The van der Waals surface area contributed by atoms with Crippen LogP contribution in [0, 0.1) is 11.3 Å². The van der Waals surface area contributed by atoms with Gasteiger partial charge in [-0.3, -0.25) is 0 Å². The van der Waals surface area contributed by atoms with Gasteiger partial charge in [0.15, 0.2) is 0 Å². The second-order valence-corrected chi connectivity index (χ2v) is 5.36. The zero-order valence-electron chi connectivity index (χ0n) is 13.9. The Labute approximate surface area is 140 Å². The average molecular weight is 328 g/mol. The number of aryl methyl sites for hydroxylation is 1. The van der Waals surface area contributed by atoms with Crippen molar-refractivity contribution in [3.63, 3.8) is 0 Å². The van der Waals surface area contributed by atoms with Crippen LogP contribution in [-0.4, -0.2) is 17.7 Å². The highest BCUT2D eigenvalue weighted by molar-refractivity contribution is 5.92. The van der Waals surface area contributed by atoms with Crippen molar-refractivity contribution in [3.8, 4) is 11.8 Å². The van der Waals surface area contributed by atoms with Gasteiger partial charge >= 0.3 is 5.97 Å². The lowest BCUT2D eigenvalue weighted by atomic mass is 9.82. The Morgan fingerprint density at radius 3 is 2.75 bits per heavy atom. The molecule has 0 saturated carbocycles. The Morgan fingerprint density at radius 1 is 1.46 bits per heavy atom. The van der Waals surface area contributed by atoms with Gasteiger partial charge in [0, 0.05) is 5.56 Å². The van der Waals surface area contributed by atoms with Crippen LogP contribution in [-0.2, 0) is 20.7 Å². The number of allylic oxidation sites excluding steroid dienone is 2. The van der Waals surface area contributed by atoms with Gasteiger partial charge < -0.3 is 20.3 Å². The first-order chi connectivity index (χ1) is 11.4. The quantitative estimate of drug-likeness (QED) is 0.823. The Hall–Kier alpha value is -2.94. The molecule has 1 aliphatic heterocycles. The molecular weight excluding hydrogens is 308 g/mol. The van der Waals surface area contributed by atoms with Gasteiger partial charge in [0.1, 0.15) is 23.2 Å². The molecule has 2 rings (SSSR count). The molecule has 0 fully saturated rings. The van der Waals surface area contributed by atoms with Gasteiger partial charge in [0.25, 0.3) is 0 Å². The van der Waals surface area contributed by atoms with Crippen LogP contribution in [0.2, 0.25) is 0 Å². The average Bonchev–Trinajstić information content (AvgIpc) is 2.55. The van der Waals surface area contributed by atoms with E-state index in [1.54, 1.807) is 32.0 Å². The van der Waals surface area contributed by atoms with Crippen molar-refractivity contribution in [2.45, 2.75) is 33.1 Å². The number of phenols is 1. The summed E-state index contributed by atoms with van der Waals surface area (Å²) in [6.45, 7) is 5.44. The number of nitrogens with two attached hydrogens (primary N) is 1. The molecule has 0 amide bonds. The summed E-state index contributed by atoms with van der Waals surface area (Å²) in [5, 5.41) is 19.8. The van der Waals surface area contributed by atoms with Gasteiger partial charge in [0.05, 0.1) is 18.1 Å². The molecule has 0 radical (unpaired) electrons. The number of hydrogen-bond acceptors (Lipinski definition) is 6. The number of hydrogen-bond donors (Lipinski definition) is 2. The molecule has 3 N–H and O–H groups in total. The van der Waals surface area contributed by atoms with Gasteiger partial charge in [-0.1, -0.05) is 19.1 Å². The number of carbonyl (C=O) groups is 1. The van der Waals surface area contributed by atoms with E-state index in [1.807, 2.05) is 13.0 Å². The molecule has 126 valence electrons. The second kappa shape index (κ2) is 7.09.